The number of non-ortho nitro benzene ring substituents is 1. The van der Waals surface area contributed by atoms with Crippen molar-refractivity contribution in [2.24, 2.45) is 0 Å². The van der Waals surface area contributed by atoms with Crippen molar-refractivity contribution < 1.29 is 4.92 Å². The van der Waals surface area contributed by atoms with Crippen LogP contribution in [-0.4, -0.2) is 29.7 Å². The van der Waals surface area contributed by atoms with Gasteiger partial charge in [0.15, 0.2) is 11.0 Å². The highest BCUT2D eigenvalue weighted by Gasteiger charge is 2.16. The summed E-state index contributed by atoms with van der Waals surface area (Å²) in [5, 5.41) is 20.8. The van der Waals surface area contributed by atoms with Gasteiger partial charge >= 0.3 is 0 Å². The molecule has 27 heavy (non-hydrogen) atoms. The Hall–Kier alpha value is -2.81. The third-order valence-electron chi connectivity index (χ3n) is 4.00. The second-order valence-electron chi connectivity index (χ2n) is 6.27. The van der Waals surface area contributed by atoms with Crippen LogP contribution in [0.25, 0.3) is 11.4 Å². The molecule has 0 N–H and O–H groups in total. The largest absolute Gasteiger partial charge is 0.303 e. The van der Waals surface area contributed by atoms with E-state index in [0.717, 1.165) is 33.7 Å². The lowest BCUT2D eigenvalue weighted by Gasteiger charge is -2.12. The summed E-state index contributed by atoms with van der Waals surface area (Å²) < 4.78 is 2.06. The van der Waals surface area contributed by atoms with Crippen molar-refractivity contribution in [3.63, 3.8) is 0 Å². The van der Waals surface area contributed by atoms with Crippen LogP contribution >= 0.6 is 11.8 Å². The maximum atomic E-state index is 10.9. The quantitative estimate of drug-likeness (QED) is 0.356. The molecule has 1 aromatic carbocycles. The molecule has 8 nitrogen and oxygen atoms in total. The second kappa shape index (κ2) is 7.83. The number of nitro benzene ring substituents is 1. The van der Waals surface area contributed by atoms with Crippen molar-refractivity contribution in [2.45, 2.75) is 50.3 Å². The molecule has 0 radical (unpaired) electrons. The molecular formula is C18H20N6O2S. The smallest absolute Gasteiger partial charge is 0.269 e. The fraction of sp³-hybridized carbons (Fsp3) is 0.333. The number of nitro groups is 1. The van der Waals surface area contributed by atoms with Crippen molar-refractivity contribution >= 4 is 17.4 Å². The lowest BCUT2D eigenvalue weighted by molar-refractivity contribution is -0.384. The molecule has 0 atom stereocenters. The van der Waals surface area contributed by atoms with E-state index in [1.807, 2.05) is 19.9 Å². The van der Waals surface area contributed by atoms with Crippen LogP contribution in [0.3, 0.4) is 0 Å². The molecule has 0 fully saturated rings. The average Bonchev–Trinajstić information content (AvgIpc) is 3.01. The number of hydrogen-bond acceptors (Lipinski definition) is 7. The summed E-state index contributed by atoms with van der Waals surface area (Å²) in [5.41, 5.74) is 1.67. The first kappa shape index (κ1) is 19.0. The van der Waals surface area contributed by atoms with E-state index in [9.17, 15) is 10.1 Å². The number of benzene rings is 1. The van der Waals surface area contributed by atoms with Crippen LogP contribution in [0.4, 0.5) is 5.69 Å². The van der Waals surface area contributed by atoms with Gasteiger partial charge in [-0.05, 0) is 57.2 Å². The highest BCUT2D eigenvalue weighted by atomic mass is 32.2. The molecule has 0 aliphatic heterocycles. The third kappa shape index (κ3) is 4.13. The first-order valence-electron chi connectivity index (χ1n) is 8.61. The number of aryl methyl sites for hydroxylation is 2. The standard InChI is InChI=1S/C18H20N6O2S/c1-5-14-10-16(27-18-22-21-12(4)23(18)11(2)3)20-17(19-14)13-6-8-15(9-7-13)24(25)26/h6-11H,5H2,1-4H3. The van der Waals surface area contributed by atoms with Gasteiger partial charge < -0.3 is 4.57 Å². The molecule has 0 amide bonds. The summed E-state index contributed by atoms with van der Waals surface area (Å²) in [7, 11) is 0. The van der Waals surface area contributed by atoms with Gasteiger partial charge in [-0.3, -0.25) is 10.1 Å². The number of hydrogen-bond donors (Lipinski definition) is 0. The number of aromatic nitrogens is 5. The summed E-state index contributed by atoms with van der Waals surface area (Å²) in [6, 6.07) is 8.44. The Morgan fingerprint density at radius 2 is 1.89 bits per heavy atom. The first-order chi connectivity index (χ1) is 12.9. The summed E-state index contributed by atoms with van der Waals surface area (Å²) in [6.45, 7) is 8.12. The molecule has 0 aliphatic rings. The molecule has 140 valence electrons. The van der Waals surface area contributed by atoms with Crippen molar-refractivity contribution in [1.29, 1.82) is 0 Å². The topological polar surface area (TPSA) is 99.6 Å². The third-order valence-corrected chi connectivity index (χ3v) is 4.88. The van der Waals surface area contributed by atoms with Gasteiger partial charge in [0, 0.05) is 29.4 Å². The molecule has 0 saturated heterocycles. The van der Waals surface area contributed by atoms with Crippen molar-refractivity contribution in [3.8, 4) is 11.4 Å². The Labute approximate surface area is 161 Å². The molecule has 9 heteroatoms. The fourth-order valence-corrected chi connectivity index (χ4v) is 3.71. The Balaban J connectivity index is 1.98. The zero-order chi connectivity index (χ0) is 19.6. The van der Waals surface area contributed by atoms with Gasteiger partial charge in [-0.25, -0.2) is 9.97 Å². The summed E-state index contributed by atoms with van der Waals surface area (Å²) in [6.07, 6.45) is 0.756. The Bertz CT molecular complexity index is 968. The highest BCUT2D eigenvalue weighted by Crippen LogP contribution is 2.30. The van der Waals surface area contributed by atoms with E-state index in [-0.39, 0.29) is 11.7 Å². The van der Waals surface area contributed by atoms with E-state index < -0.39 is 4.92 Å². The van der Waals surface area contributed by atoms with Gasteiger partial charge in [-0.15, -0.1) is 10.2 Å². The molecule has 3 rings (SSSR count). The van der Waals surface area contributed by atoms with E-state index in [2.05, 4.69) is 38.6 Å². The number of nitrogens with zero attached hydrogens (tertiary/aromatic N) is 6. The summed E-state index contributed by atoms with van der Waals surface area (Å²) >= 11 is 1.44. The Kier molecular flexibility index (Phi) is 5.50. The van der Waals surface area contributed by atoms with E-state index in [0.29, 0.717) is 5.82 Å². The molecule has 2 heterocycles. The number of rotatable bonds is 6. The zero-order valence-corrected chi connectivity index (χ0v) is 16.4. The first-order valence-corrected chi connectivity index (χ1v) is 9.42. The molecule has 0 spiro atoms. The average molecular weight is 384 g/mol. The van der Waals surface area contributed by atoms with Crippen molar-refractivity contribution in [3.05, 3.63) is 52.0 Å². The minimum atomic E-state index is -0.421. The molecule has 0 bridgehead atoms. The van der Waals surface area contributed by atoms with Crippen LogP contribution < -0.4 is 0 Å². The van der Waals surface area contributed by atoms with Crippen LogP contribution in [0, 0.1) is 17.0 Å². The van der Waals surface area contributed by atoms with E-state index in [4.69, 9.17) is 0 Å². The van der Waals surface area contributed by atoms with Gasteiger partial charge in [0.2, 0.25) is 0 Å². The van der Waals surface area contributed by atoms with Crippen LogP contribution in [0.15, 0.2) is 40.5 Å². The lowest BCUT2D eigenvalue weighted by atomic mass is 10.2. The molecule has 2 aromatic heterocycles. The Morgan fingerprint density at radius 1 is 1.19 bits per heavy atom. The molecular weight excluding hydrogens is 364 g/mol. The Morgan fingerprint density at radius 3 is 2.48 bits per heavy atom. The van der Waals surface area contributed by atoms with Crippen LogP contribution in [-0.2, 0) is 6.42 Å². The minimum Gasteiger partial charge on any atom is -0.303 e. The van der Waals surface area contributed by atoms with Gasteiger partial charge in [0.1, 0.15) is 10.9 Å². The minimum absolute atomic E-state index is 0.0421. The van der Waals surface area contributed by atoms with Crippen molar-refractivity contribution in [1.82, 2.24) is 24.7 Å². The van der Waals surface area contributed by atoms with Gasteiger partial charge in [-0.1, -0.05) is 6.92 Å². The van der Waals surface area contributed by atoms with Gasteiger partial charge in [-0.2, -0.15) is 0 Å². The van der Waals surface area contributed by atoms with Crippen molar-refractivity contribution in [2.75, 3.05) is 0 Å². The predicted molar refractivity (Wildman–Crippen MR) is 103 cm³/mol. The molecule has 0 saturated carbocycles. The molecule has 0 aliphatic carbocycles. The maximum absolute atomic E-state index is 10.9. The van der Waals surface area contributed by atoms with Gasteiger partial charge in [0.25, 0.3) is 5.69 Å². The molecule has 3 aromatic rings. The lowest BCUT2D eigenvalue weighted by Crippen LogP contribution is -2.05. The predicted octanol–water partition coefficient (Wildman–Crippen LogP) is 4.25. The van der Waals surface area contributed by atoms with E-state index >= 15 is 0 Å². The van der Waals surface area contributed by atoms with Crippen LogP contribution in [0.5, 0.6) is 0 Å². The van der Waals surface area contributed by atoms with E-state index in [1.165, 1.54) is 23.9 Å². The molecule has 0 unspecified atom stereocenters. The van der Waals surface area contributed by atoms with Crippen LogP contribution in [0.2, 0.25) is 0 Å². The maximum Gasteiger partial charge on any atom is 0.269 e. The highest BCUT2D eigenvalue weighted by molar-refractivity contribution is 7.99. The fourth-order valence-electron chi connectivity index (χ4n) is 2.67. The zero-order valence-electron chi connectivity index (χ0n) is 15.6. The monoisotopic (exact) mass is 384 g/mol. The summed E-state index contributed by atoms with van der Waals surface area (Å²) in [4.78, 5) is 19.6. The summed E-state index contributed by atoms with van der Waals surface area (Å²) in [5.74, 6) is 1.40. The van der Waals surface area contributed by atoms with Gasteiger partial charge in [0.05, 0.1) is 4.92 Å². The SMILES string of the molecule is CCc1cc(Sc2nnc(C)n2C(C)C)nc(-c2ccc([N+](=O)[O-])cc2)n1. The van der Waals surface area contributed by atoms with Crippen LogP contribution in [0.1, 0.15) is 38.3 Å². The second-order valence-corrected chi connectivity index (χ2v) is 7.26. The normalized spacial score (nSPS) is 11.1. The van der Waals surface area contributed by atoms with E-state index in [1.54, 1.807) is 12.1 Å².